The zero-order valence-corrected chi connectivity index (χ0v) is 28.3. The van der Waals surface area contributed by atoms with Crippen molar-refractivity contribution in [2.75, 3.05) is 32.1 Å². The lowest BCUT2D eigenvalue weighted by atomic mass is 10.0. The molecule has 0 saturated carbocycles. The molecule has 0 spiro atoms. The fourth-order valence-corrected chi connectivity index (χ4v) is 5.86. The lowest BCUT2D eigenvalue weighted by Gasteiger charge is -2.28. The molecule has 2 amide bonds. The third-order valence-corrected chi connectivity index (χ3v) is 8.77. The molecule has 0 aliphatic heterocycles. The summed E-state index contributed by atoms with van der Waals surface area (Å²) in [5, 5.41) is 51.3. The Labute approximate surface area is 291 Å². The van der Waals surface area contributed by atoms with Crippen LogP contribution in [-0.2, 0) is 21.2 Å². The summed E-state index contributed by atoms with van der Waals surface area (Å²) in [6.07, 6.45) is -1.02. The van der Waals surface area contributed by atoms with E-state index in [1.165, 1.54) is 24.7 Å². The predicted molar refractivity (Wildman–Crippen MR) is 185 cm³/mol. The second-order valence-corrected chi connectivity index (χ2v) is 12.7. The molecule has 0 bridgehead atoms. The molecule has 0 aliphatic rings. The molecule has 0 radical (unpaired) electrons. The number of rotatable bonds is 14. The molecular weight excluding hydrogens is 664 g/mol. The van der Waals surface area contributed by atoms with Gasteiger partial charge in [0.1, 0.15) is 18.3 Å². The first-order valence-corrected chi connectivity index (χ1v) is 16.8. The lowest BCUT2D eigenvalue weighted by molar-refractivity contribution is -0.118. The number of aryl methyl sites for hydroxylation is 2. The van der Waals surface area contributed by atoms with E-state index < -0.39 is 47.5 Å². The maximum atomic E-state index is 13.2. The molecule has 0 fully saturated rings. The maximum Gasteiger partial charge on any atom is 0.291 e. The highest BCUT2D eigenvalue weighted by molar-refractivity contribution is 7.75. The Hall–Kier alpha value is -4.72. The summed E-state index contributed by atoms with van der Waals surface area (Å²) >= 11 is 0. The first-order valence-electron chi connectivity index (χ1n) is 15.7. The van der Waals surface area contributed by atoms with E-state index in [0.29, 0.717) is 52.2 Å². The number of carbonyl (C=O) groups excluding carboxylic acids is 2. The van der Waals surface area contributed by atoms with Crippen molar-refractivity contribution >= 4 is 28.1 Å². The van der Waals surface area contributed by atoms with E-state index >= 15 is 0 Å². The summed E-state index contributed by atoms with van der Waals surface area (Å²) in [4.78, 5) is 31.7. The summed E-state index contributed by atoms with van der Waals surface area (Å²) < 4.78 is 22.4. The van der Waals surface area contributed by atoms with Gasteiger partial charge in [-0.15, -0.1) is 0 Å². The van der Waals surface area contributed by atoms with Gasteiger partial charge in [-0.3, -0.25) is 14.6 Å². The van der Waals surface area contributed by atoms with Crippen molar-refractivity contribution < 1.29 is 43.7 Å². The van der Waals surface area contributed by atoms with Crippen LogP contribution in [0, 0.1) is 18.8 Å². The number of carbonyl (C=O) groups is 2. The minimum Gasteiger partial charge on any atom is -0.459 e. The van der Waals surface area contributed by atoms with Gasteiger partial charge in [0, 0.05) is 41.3 Å². The van der Waals surface area contributed by atoms with Gasteiger partial charge in [-0.1, -0.05) is 52.6 Å². The van der Waals surface area contributed by atoms with E-state index in [1.807, 2.05) is 0 Å². The Balaban J connectivity index is 1.37. The minimum absolute atomic E-state index is 0.0118. The first kappa shape index (κ1) is 38.1. The van der Waals surface area contributed by atoms with Gasteiger partial charge in [-0.05, 0) is 63.7 Å². The van der Waals surface area contributed by atoms with E-state index in [2.05, 4.69) is 26.5 Å². The van der Waals surface area contributed by atoms with Crippen LogP contribution in [0.2, 0.25) is 0 Å². The van der Waals surface area contributed by atoms with Crippen LogP contribution in [0.15, 0.2) is 93.0 Å². The number of furan rings is 1. The Morgan fingerprint density at radius 2 is 1.72 bits per heavy atom. The van der Waals surface area contributed by atoms with Crippen molar-refractivity contribution in [1.29, 1.82) is 0 Å². The fourth-order valence-electron chi connectivity index (χ4n) is 4.92. The third-order valence-electron chi connectivity index (χ3n) is 7.66. The van der Waals surface area contributed by atoms with Gasteiger partial charge < -0.3 is 48.7 Å². The monoisotopic (exact) mass is 703 g/mol. The number of likely N-dealkylation sites (N-methyl/N-ethyl adjacent to an activating group) is 1. The number of amides is 2. The summed E-state index contributed by atoms with van der Waals surface area (Å²) in [5.74, 6) is 5.05. The zero-order valence-electron chi connectivity index (χ0n) is 27.5. The Morgan fingerprint density at radius 1 is 0.980 bits per heavy atom. The summed E-state index contributed by atoms with van der Waals surface area (Å²) in [6.45, 7) is 1.46. The molecule has 4 rings (SSSR count). The number of aliphatic hydroxyl groups excluding tert-OH is 5. The molecule has 13 nitrogen and oxygen atoms in total. The van der Waals surface area contributed by atoms with Crippen LogP contribution >= 0.6 is 0 Å². The second kappa shape index (κ2) is 18.3. The fraction of sp³-hybridized carbons (Fsp3) is 0.306. The van der Waals surface area contributed by atoms with E-state index in [-0.39, 0.29) is 23.8 Å². The van der Waals surface area contributed by atoms with Crippen molar-refractivity contribution in [2.45, 2.75) is 49.1 Å². The van der Waals surface area contributed by atoms with Gasteiger partial charge >= 0.3 is 0 Å². The van der Waals surface area contributed by atoms with Crippen LogP contribution in [-0.4, -0.2) is 98.4 Å². The molecular formula is C36H39N4O9S-. The smallest absolute Gasteiger partial charge is 0.291 e. The number of nitrogens with one attached hydrogen (secondary N) is 1. The molecule has 0 saturated heterocycles. The summed E-state index contributed by atoms with van der Waals surface area (Å²) in [6, 6.07) is 17.0. The van der Waals surface area contributed by atoms with E-state index in [0.717, 1.165) is 0 Å². The van der Waals surface area contributed by atoms with Crippen molar-refractivity contribution in [3.63, 3.8) is 0 Å². The maximum absolute atomic E-state index is 13.2. The van der Waals surface area contributed by atoms with Crippen LogP contribution in [0.4, 0.5) is 5.69 Å². The Kier molecular flexibility index (Phi) is 14.0. The van der Waals surface area contributed by atoms with Gasteiger partial charge in [0.15, 0.2) is 5.76 Å². The predicted octanol–water partition coefficient (Wildman–Crippen LogP) is 2.28. The number of aliphatic hydroxyl groups is 5. The number of pyridine rings is 1. The number of aromatic nitrogens is 1. The summed E-state index contributed by atoms with van der Waals surface area (Å²) in [7, 11) is -0.310. The average Bonchev–Trinajstić information content (AvgIpc) is 3.56. The van der Waals surface area contributed by atoms with Crippen LogP contribution in [0.3, 0.4) is 0 Å². The topological polar surface area (TPSA) is 206 Å². The standard InChI is InChI=1S/C36H39N4O9S/c1-23-14-16-49-34(23)36(47)38-28-10-5-7-24(18-28)12-13-25-17-27(20-37-19-25)35(46)39-50(48)31-11-4-3-8-26(31)9-6-15-40(2)21-29(42)32(44)33(45)30(43)22-41/h3-5,7-8,10-11,14,16-20,29-30,32-33,41-45H,6,9,15,21-22H2,1-2H3,(H,38,47)/q-1/t29-,30+,32+,33-/m0/s1. The molecule has 2 heterocycles. The highest BCUT2D eigenvalue weighted by Crippen LogP contribution is 2.17. The average molecular weight is 704 g/mol. The van der Waals surface area contributed by atoms with Gasteiger partial charge in [0.2, 0.25) is 0 Å². The molecule has 4 atom stereocenters. The Bertz CT molecular complexity index is 1930. The Morgan fingerprint density at radius 3 is 2.46 bits per heavy atom. The van der Waals surface area contributed by atoms with E-state index in [1.54, 1.807) is 73.5 Å². The largest absolute Gasteiger partial charge is 0.459 e. The van der Waals surface area contributed by atoms with E-state index in [4.69, 9.17) is 9.52 Å². The van der Waals surface area contributed by atoms with Crippen LogP contribution in [0.25, 0.3) is 0 Å². The molecule has 0 aliphatic carbocycles. The number of benzene rings is 2. The minimum atomic E-state index is -2.01. The lowest BCUT2D eigenvalue weighted by Crippen LogP contribution is -2.49. The highest BCUT2D eigenvalue weighted by atomic mass is 32.2. The van der Waals surface area contributed by atoms with Gasteiger partial charge in [-0.25, -0.2) is 0 Å². The number of hydrogen-bond donors (Lipinski definition) is 6. The van der Waals surface area contributed by atoms with Crippen LogP contribution in [0.1, 0.15) is 49.6 Å². The van der Waals surface area contributed by atoms with Crippen molar-refractivity contribution in [3.8, 4) is 11.8 Å². The van der Waals surface area contributed by atoms with Gasteiger partial charge in [0.05, 0.1) is 24.5 Å². The molecule has 50 heavy (non-hydrogen) atoms. The second-order valence-electron chi connectivity index (χ2n) is 11.6. The highest BCUT2D eigenvalue weighted by Gasteiger charge is 2.30. The molecule has 6 N–H and O–H groups in total. The third kappa shape index (κ3) is 10.6. The molecule has 4 aromatic rings. The SMILES string of the molecule is Cc1ccoc1C(=O)Nc1cccc(C#Cc2cncc(C(=O)N=[S-](=O)c3ccccc3CCCN(C)C[C@H](O)[C@@H](O)[C@@H](O)[C@H](O)CO)c2)c1. The number of nitrogens with zero attached hydrogens (tertiary/aromatic N) is 3. The molecule has 0 unspecified atom stereocenters. The quantitative estimate of drug-likeness (QED) is 0.0830. The van der Waals surface area contributed by atoms with Crippen molar-refractivity contribution in [3.05, 3.63) is 113 Å². The zero-order chi connectivity index (χ0) is 36.2. The molecule has 14 heteroatoms. The van der Waals surface area contributed by atoms with Crippen LogP contribution < -0.4 is 5.32 Å². The molecule has 264 valence electrons. The van der Waals surface area contributed by atoms with Crippen molar-refractivity contribution in [2.24, 2.45) is 4.36 Å². The van der Waals surface area contributed by atoms with Gasteiger partial charge in [0.25, 0.3) is 11.8 Å². The van der Waals surface area contributed by atoms with Gasteiger partial charge in [-0.2, -0.15) is 10.6 Å². The molecule has 2 aromatic carbocycles. The number of hydrogen-bond acceptors (Lipinski definition) is 12. The normalized spacial score (nSPS) is 14.3. The first-order chi connectivity index (χ1) is 24.0. The number of anilines is 1. The van der Waals surface area contributed by atoms with Crippen molar-refractivity contribution in [1.82, 2.24) is 9.88 Å². The summed E-state index contributed by atoms with van der Waals surface area (Å²) in [5.41, 5.74) is 3.10. The van der Waals surface area contributed by atoms with Crippen LogP contribution in [0.5, 0.6) is 0 Å². The molecule has 2 aromatic heterocycles. The van der Waals surface area contributed by atoms with E-state index in [9.17, 15) is 34.2 Å².